The van der Waals surface area contributed by atoms with E-state index in [1.165, 1.54) is 12.1 Å². The number of carbonyl (C=O) groups excluding carboxylic acids is 1. The second kappa shape index (κ2) is 4.64. The van der Waals surface area contributed by atoms with Crippen LogP contribution in [0.5, 0.6) is 0 Å². The van der Waals surface area contributed by atoms with Crippen molar-refractivity contribution in [2.24, 2.45) is 0 Å². The van der Waals surface area contributed by atoms with Crippen LogP contribution >= 0.6 is 10.7 Å². The van der Waals surface area contributed by atoms with Gasteiger partial charge in [-0.3, -0.25) is 4.79 Å². The first-order valence-corrected chi connectivity index (χ1v) is 6.71. The van der Waals surface area contributed by atoms with Gasteiger partial charge in [0.05, 0.1) is 16.5 Å². The van der Waals surface area contributed by atoms with Crippen molar-refractivity contribution in [3.8, 4) is 6.07 Å². The molecule has 0 bridgehead atoms. The molecule has 0 unspecified atom stereocenters. The van der Waals surface area contributed by atoms with Gasteiger partial charge in [0.2, 0.25) is 0 Å². The molecule has 0 fully saturated rings. The lowest BCUT2D eigenvalue weighted by Crippen LogP contribution is -2.02. The Kier molecular flexibility index (Phi) is 3.68. The van der Waals surface area contributed by atoms with E-state index in [0.29, 0.717) is 18.3 Å². The number of hydrogen-bond acceptors (Lipinski definition) is 4. The number of nitriles is 1. The first-order chi connectivity index (χ1) is 7.43. The molecule has 84 valence electrons. The third-order valence-electron chi connectivity index (χ3n) is 2.10. The molecule has 0 spiro atoms. The fourth-order valence-corrected chi connectivity index (χ4v) is 2.66. The molecule has 0 aliphatic rings. The Hall–Kier alpha value is -1.38. The lowest BCUT2D eigenvalue weighted by Gasteiger charge is -2.07. The van der Waals surface area contributed by atoms with E-state index in [1.54, 1.807) is 6.92 Å². The van der Waals surface area contributed by atoms with Crippen LogP contribution in [0.25, 0.3) is 0 Å². The summed E-state index contributed by atoms with van der Waals surface area (Å²) in [7, 11) is 1.30. The molecule has 1 aromatic rings. The molecule has 0 atom stereocenters. The number of benzene rings is 1. The first-order valence-electron chi connectivity index (χ1n) is 4.41. The zero-order chi connectivity index (χ0) is 12.3. The predicted molar refractivity (Wildman–Crippen MR) is 59.0 cm³/mol. The molecule has 16 heavy (non-hydrogen) atoms. The van der Waals surface area contributed by atoms with Crippen LogP contribution in [-0.4, -0.2) is 14.7 Å². The normalized spacial score (nSPS) is 10.8. The van der Waals surface area contributed by atoms with Crippen LogP contribution in [0.2, 0.25) is 0 Å². The Morgan fingerprint density at radius 3 is 2.50 bits per heavy atom. The highest BCUT2D eigenvalue weighted by Gasteiger charge is 2.19. The van der Waals surface area contributed by atoms with Gasteiger partial charge in [-0.2, -0.15) is 5.26 Å². The van der Waals surface area contributed by atoms with E-state index in [-0.39, 0.29) is 16.0 Å². The summed E-state index contributed by atoms with van der Waals surface area (Å²) in [4.78, 5) is 10.4. The topological polar surface area (TPSA) is 75.0 Å². The molecular weight excluding hydrogens is 250 g/mol. The molecule has 0 saturated carbocycles. The molecule has 0 aliphatic carbocycles. The Balaban J connectivity index is 3.71. The van der Waals surface area contributed by atoms with Crippen LogP contribution in [0.3, 0.4) is 0 Å². The van der Waals surface area contributed by atoms with Crippen molar-refractivity contribution in [2.75, 3.05) is 0 Å². The summed E-state index contributed by atoms with van der Waals surface area (Å²) in [5, 5.41) is 8.86. The summed E-state index contributed by atoms with van der Waals surface area (Å²) >= 11 is 0. The minimum atomic E-state index is -3.95. The summed E-state index contributed by atoms with van der Waals surface area (Å²) in [5.74, 6) is 0. The van der Waals surface area contributed by atoms with Gasteiger partial charge >= 0.3 is 0 Å². The highest BCUT2D eigenvalue weighted by molar-refractivity contribution is 8.13. The van der Waals surface area contributed by atoms with Gasteiger partial charge < -0.3 is 0 Å². The molecule has 0 aliphatic heterocycles. The summed E-state index contributed by atoms with van der Waals surface area (Å²) in [6.07, 6.45) is 0.829. The van der Waals surface area contributed by atoms with Gasteiger partial charge in [0, 0.05) is 16.2 Å². The maximum atomic E-state index is 11.3. The fraction of sp³-hybridized carbons (Fsp3) is 0.200. The van der Waals surface area contributed by atoms with Gasteiger partial charge in [0.1, 0.15) is 6.29 Å². The van der Waals surface area contributed by atoms with Gasteiger partial charge in [0.15, 0.2) is 0 Å². The van der Waals surface area contributed by atoms with Crippen LogP contribution < -0.4 is 0 Å². The van der Waals surface area contributed by atoms with E-state index < -0.39 is 9.05 Å². The quantitative estimate of drug-likeness (QED) is 0.612. The number of nitrogens with zero attached hydrogens (tertiary/aromatic N) is 1. The summed E-state index contributed by atoms with van der Waals surface area (Å²) in [6.45, 7) is 1.71. The van der Waals surface area contributed by atoms with E-state index in [9.17, 15) is 13.2 Å². The van der Waals surface area contributed by atoms with E-state index in [4.69, 9.17) is 15.9 Å². The van der Waals surface area contributed by atoms with Crippen molar-refractivity contribution < 1.29 is 13.2 Å². The summed E-state index contributed by atoms with van der Waals surface area (Å²) in [5.41, 5.74) is 0.613. The van der Waals surface area contributed by atoms with E-state index in [0.717, 1.165) is 0 Å². The predicted octanol–water partition coefficient (Wildman–Crippen LogP) is 1.86. The summed E-state index contributed by atoms with van der Waals surface area (Å²) < 4.78 is 22.6. The largest absolute Gasteiger partial charge is 0.298 e. The van der Waals surface area contributed by atoms with Gasteiger partial charge in [-0.05, 0) is 24.1 Å². The molecule has 6 heteroatoms. The SMILES string of the molecule is CCc1c(C#N)cc(C=O)cc1S(=O)(=O)Cl. The first kappa shape index (κ1) is 12.7. The molecule has 0 amide bonds. The highest BCUT2D eigenvalue weighted by Crippen LogP contribution is 2.25. The highest BCUT2D eigenvalue weighted by atomic mass is 35.7. The maximum absolute atomic E-state index is 11.3. The molecular formula is C10H8ClNO3S. The van der Waals surface area contributed by atoms with Crippen LogP contribution in [0.1, 0.15) is 28.4 Å². The standard InChI is InChI=1S/C10H8ClNO3S/c1-2-9-8(5-12)3-7(6-13)4-10(9)16(11,14)15/h3-4,6H,2H2,1H3. The molecule has 0 radical (unpaired) electrons. The smallest absolute Gasteiger partial charge is 0.261 e. The Labute approximate surface area is 97.9 Å². The minimum absolute atomic E-state index is 0.118. The molecule has 1 rings (SSSR count). The van der Waals surface area contributed by atoms with Crippen molar-refractivity contribution in [3.05, 3.63) is 28.8 Å². The monoisotopic (exact) mass is 257 g/mol. The Morgan fingerprint density at radius 2 is 2.12 bits per heavy atom. The zero-order valence-corrected chi connectivity index (χ0v) is 9.97. The number of rotatable bonds is 3. The Morgan fingerprint density at radius 1 is 1.50 bits per heavy atom. The lowest BCUT2D eigenvalue weighted by molar-refractivity contribution is 0.112. The van der Waals surface area contributed by atoms with E-state index >= 15 is 0 Å². The van der Waals surface area contributed by atoms with Gasteiger partial charge in [0.25, 0.3) is 9.05 Å². The van der Waals surface area contributed by atoms with Crippen molar-refractivity contribution >= 4 is 26.0 Å². The van der Waals surface area contributed by atoms with Crippen LogP contribution in [0.15, 0.2) is 17.0 Å². The second-order valence-electron chi connectivity index (χ2n) is 3.07. The number of hydrogen-bond donors (Lipinski definition) is 0. The molecule has 1 aromatic carbocycles. The molecule has 4 nitrogen and oxygen atoms in total. The zero-order valence-electron chi connectivity index (χ0n) is 8.40. The van der Waals surface area contributed by atoms with Crippen molar-refractivity contribution in [1.29, 1.82) is 5.26 Å². The average molecular weight is 258 g/mol. The third kappa shape index (κ3) is 2.40. The van der Waals surface area contributed by atoms with E-state index in [2.05, 4.69) is 0 Å². The minimum Gasteiger partial charge on any atom is -0.298 e. The van der Waals surface area contributed by atoms with Crippen LogP contribution in [0, 0.1) is 11.3 Å². The fourth-order valence-electron chi connectivity index (χ4n) is 1.42. The number of carbonyl (C=O) groups is 1. The maximum Gasteiger partial charge on any atom is 0.261 e. The number of aldehydes is 1. The summed E-state index contributed by atoms with van der Waals surface area (Å²) in [6, 6.07) is 4.37. The second-order valence-corrected chi connectivity index (χ2v) is 5.60. The molecule has 0 saturated heterocycles. The van der Waals surface area contributed by atoms with Gasteiger partial charge in [-0.15, -0.1) is 0 Å². The van der Waals surface area contributed by atoms with Gasteiger partial charge in [-0.1, -0.05) is 6.92 Å². The van der Waals surface area contributed by atoms with E-state index in [1.807, 2.05) is 6.07 Å². The molecule has 0 aromatic heterocycles. The lowest BCUT2D eigenvalue weighted by atomic mass is 10.0. The number of halogens is 1. The average Bonchev–Trinajstić information content (AvgIpc) is 2.25. The molecule has 0 N–H and O–H groups in total. The van der Waals surface area contributed by atoms with Crippen molar-refractivity contribution in [3.63, 3.8) is 0 Å². The van der Waals surface area contributed by atoms with Crippen molar-refractivity contribution in [2.45, 2.75) is 18.2 Å². The molecule has 0 heterocycles. The van der Waals surface area contributed by atoms with Crippen LogP contribution in [0.4, 0.5) is 0 Å². The third-order valence-corrected chi connectivity index (χ3v) is 3.49. The Bertz CT molecular complexity index is 572. The van der Waals surface area contributed by atoms with Gasteiger partial charge in [-0.25, -0.2) is 8.42 Å². The van der Waals surface area contributed by atoms with Crippen LogP contribution in [-0.2, 0) is 15.5 Å². The van der Waals surface area contributed by atoms with Crippen molar-refractivity contribution in [1.82, 2.24) is 0 Å².